The number of nitrogens with zero attached hydrogens (tertiary/aromatic N) is 1. The molecule has 1 atom stereocenters. The standard InChI is InChI=1S/C11H17N3OS/c1-7(10(15)12-2)13-5-9-6-16-11(14-9)8-3-4-8/h6-8,13H,3-5H2,1-2H3,(H,12,15)/t7-/m1/s1. The average Bonchev–Trinajstić information content (AvgIpc) is 3.05. The first kappa shape index (κ1) is 11.5. The van der Waals surface area contributed by atoms with Crippen molar-refractivity contribution < 1.29 is 4.79 Å². The van der Waals surface area contributed by atoms with Gasteiger partial charge in [-0.2, -0.15) is 0 Å². The Morgan fingerprint density at radius 3 is 3.06 bits per heavy atom. The number of likely N-dealkylation sites (N-methyl/N-ethyl adjacent to an activating group) is 1. The number of carbonyl (C=O) groups is 1. The smallest absolute Gasteiger partial charge is 0.236 e. The number of amides is 1. The lowest BCUT2D eigenvalue weighted by Gasteiger charge is -2.10. The second-order valence-corrected chi connectivity index (χ2v) is 5.06. The Morgan fingerprint density at radius 1 is 1.69 bits per heavy atom. The van der Waals surface area contributed by atoms with E-state index in [-0.39, 0.29) is 11.9 Å². The predicted octanol–water partition coefficient (Wildman–Crippen LogP) is 1.24. The summed E-state index contributed by atoms with van der Waals surface area (Å²) in [6.07, 6.45) is 2.57. The van der Waals surface area contributed by atoms with Crippen LogP contribution < -0.4 is 10.6 Å². The Morgan fingerprint density at radius 2 is 2.44 bits per heavy atom. The van der Waals surface area contributed by atoms with Gasteiger partial charge in [0.15, 0.2) is 0 Å². The van der Waals surface area contributed by atoms with Crippen LogP contribution in [0, 0.1) is 0 Å². The van der Waals surface area contributed by atoms with E-state index in [4.69, 9.17) is 0 Å². The summed E-state index contributed by atoms with van der Waals surface area (Å²) in [5.41, 5.74) is 1.04. The van der Waals surface area contributed by atoms with Crippen LogP contribution in [0.5, 0.6) is 0 Å². The van der Waals surface area contributed by atoms with Crippen molar-refractivity contribution in [1.29, 1.82) is 0 Å². The van der Waals surface area contributed by atoms with Crippen LogP contribution in [0.4, 0.5) is 0 Å². The second-order valence-electron chi connectivity index (χ2n) is 4.17. The summed E-state index contributed by atoms with van der Waals surface area (Å²) in [7, 11) is 1.65. The Bertz CT molecular complexity index is 373. The van der Waals surface area contributed by atoms with Crippen molar-refractivity contribution in [3.05, 3.63) is 16.1 Å². The highest BCUT2D eigenvalue weighted by Gasteiger charge is 2.26. The SMILES string of the molecule is CNC(=O)[C@@H](C)NCc1csc(C2CC2)n1. The maximum atomic E-state index is 11.3. The predicted molar refractivity (Wildman–Crippen MR) is 64.5 cm³/mol. The van der Waals surface area contributed by atoms with E-state index < -0.39 is 0 Å². The molecule has 5 heteroatoms. The summed E-state index contributed by atoms with van der Waals surface area (Å²) in [5, 5.41) is 9.10. The van der Waals surface area contributed by atoms with Crippen molar-refractivity contribution in [2.24, 2.45) is 0 Å². The van der Waals surface area contributed by atoms with Gasteiger partial charge in [-0.15, -0.1) is 11.3 Å². The molecule has 1 aliphatic carbocycles. The third-order valence-electron chi connectivity index (χ3n) is 2.73. The first-order valence-corrected chi connectivity index (χ1v) is 6.48. The van der Waals surface area contributed by atoms with Gasteiger partial charge in [0.25, 0.3) is 0 Å². The van der Waals surface area contributed by atoms with Crippen LogP contribution in [0.25, 0.3) is 0 Å². The summed E-state index contributed by atoms with van der Waals surface area (Å²) in [4.78, 5) is 15.8. The molecule has 0 unspecified atom stereocenters. The second kappa shape index (κ2) is 4.93. The van der Waals surface area contributed by atoms with E-state index in [1.54, 1.807) is 18.4 Å². The lowest BCUT2D eigenvalue weighted by molar-refractivity contribution is -0.122. The van der Waals surface area contributed by atoms with Crippen LogP contribution in [-0.2, 0) is 11.3 Å². The minimum atomic E-state index is -0.170. The minimum absolute atomic E-state index is 0.0117. The Hall–Kier alpha value is -0.940. The molecule has 2 rings (SSSR count). The fourth-order valence-electron chi connectivity index (χ4n) is 1.49. The normalized spacial score (nSPS) is 17.1. The van der Waals surface area contributed by atoms with Gasteiger partial charge in [0, 0.05) is 24.9 Å². The summed E-state index contributed by atoms with van der Waals surface area (Å²) in [5.74, 6) is 0.729. The molecule has 1 aliphatic rings. The number of hydrogen-bond acceptors (Lipinski definition) is 4. The highest BCUT2D eigenvalue weighted by atomic mass is 32.1. The first-order chi connectivity index (χ1) is 7.70. The van der Waals surface area contributed by atoms with Crippen LogP contribution in [-0.4, -0.2) is 24.0 Å². The molecule has 16 heavy (non-hydrogen) atoms. The lowest BCUT2D eigenvalue weighted by Crippen LogP contribution is -2.40. The number of hydrogen-bond donors (Lipinski definition) is 2. The van der Waals surface area contributed by atoms with Crippen molar-refractivity contribution in [2.45, 2.75) is 38.3 Å². The number of carbonyl (C=O) groups excluding carboxylic acids is 1. The minimum Gasteiger partial charge on any atom is -0.358 e. The molecule has 4 nitrogen and oxygen atoms in total. The molecule has 1 aromatic heterocycles. The van der Waals surface area contributed by atoms with Crippen molar-refractivity contribution >= 4 is 17.2 Å². The summed E-state index contributed by atoms with van der Waals surface area (Å²) in [6, 6.07) is -0.170. The van der Waals surface area contributed by atoms with Crippen LogP contribution in [0.3, 0.4) is 0 Å². The highest BCUT2D eigenvalue weighted by molar-refractivity contribution is 7.09. The largest absolute Gasteiger partial charge is 0.358 e. The molecule has 0 radical (unpaired) electrons. The van der Waals surface area contributed by atoms with Gasteiger partial charge in [-0.3, -0.25) is 4.79 Å². The molecule has 0 spiro atoms. The van der Waals surface area contributed by atoms with E-state index in [0.717, 1.165) is 11.6 Å². The number of thiazole rings is 1. The molecule has 0 bridgehead atoms. The summed E-state index contributed by atoms with van der Waals surface area (Å²) >= 11 is 1.73. The Balaban J connectivity index is 1.82. The zero-order valence-corrected chi connectivity index (χ0v) is 10.4. The van der Waals surface area contributed by atoms with Gasteiger partial charge in [0.2, 0.25) is 5.91 Å². The van der Waals surface area contributed by atoms with Crippen molar-refractivity contribution in [2.75, 3.05) is 7.05 Å². The zero-order valence-electron chi connectivity index (χ0n) is 9.62. The number of nitrogens with one attached hydrogen (secondary N) is 2. The monoisotopic (exact) mass is 239 g/mol. The zero-order chi connectivity index (χ0) is 11.5. The van der Waals surface area contributed by atoms with Crippen LogP contribution >= 0.6 is 11.3 Å². The van der Waals surface area contributed by atoms with Crippen molar-refractivity contribution in [3.8, 4) is 0 Å². The van der Waals surface area contributed by atoms with E-state index in [9.17, 15) is 4.79 Å². The van der Waals surface area contributed by atoms with Crippen molar-refractivity contribution in [1.82, 2.24) is 15.6 Å². The van der Waals surface area contributed by atoms with Crippen LogP contribution in [0.15, 0.2) is 5.38 Å². The van der Waals surface area contributed by atoms with Crippen LogP contribution in [0.1, 0.15) is 36.4 Å². The third-order valence-corrected chi connectivity index (χ3v) is 3.78. The van der Waals surface area contributed by atoms with Gasteiger partial charge in [-0.1, -0.05) is 0 Å². The number of rotatable bonds is 5. The summed E-state index contributed by atoms with van der Waals surface area (Å²) < 4.78 is 0. The topological polar surface area (TPSA) is 54.0 Å². The molecule has 0 aromatic carbocycles. The molecule has 1 saturated carbocycles. The Labute approximate surface area is 99.5 Å². The number of aromatic nitrogens is 1. The van der Waals surface area contributed by atoms with E-state index in [0.29, 0.717) is 6.54 Å². The molecule has 0 saturated heterocycles. The molecular weight excluding hydrogens is 222 g/mol. The molecule has 1 heterocycles. The molecule has 1 aromatic rings. The maximum Gasteiger partial charge on any atom is 0.236 e. The average molecular weight is 239 g/mol. The van der Waals surface area contributed by atoms with Gasteiger partial charge in [0.05, 0.1) is 16.7 Å². The molecule has 2 N–H and O–H groups in total. The molecule has 1 fully saturated rings. The quantitative estimate of drug-likeness (QED) is 0.813. The maximum absolute atomic E-state index is 11.3. The van der Waals surface area contributed by atoms with Gasteiger partial charge < -0.3 is 10.6 Å². The molecule has 0 aliphatic heterocycles. The molecular formula is C11H17N3OS. The van der Waals surface area contributed by atoms with Crippen molar-refractivity contribution in [3.63, 3.8) is 0 Å². The highest BCUT2D eigenvalue weighted by Crippen LogP contribution is 2.41. The van der Waals surface area contributed by atoms with E-state index in [1.165, 1.54) is 17.8 Å². The molecule has 88 valence electrons. The van der Waals surface area contributed by atoms with Gasteiger partial charge in [-0.05, 0) is 19.8 Å². The fraction of sp³-hybridized carbons (Fsp3) is 0.636. The van der Waals surface area contributed by atoms with Gasteiger partial charge in [-0.25, -0.2) is 4.98 Å². The van der Waals surface area contributed by atoms with E-state index in [1.807, 2.05) is 6.92 Å². The summed E-state index contributed by atoms with van der Waals surface area (Å²) in [6.45, 7) is 2.52. The first-order valence-electron chi connectivity index (χ1n) is 5.60. The lowest BCUT2D eigenvalue weighted by atomic mass is 10.3. The van der Waals surface area contributed by atoms with Crippen LogP contribution in [0.2, 0.25) is 0 Å². The van der Waals surface area contributed by atoms with E-state index >= 15 is 0 Å². The van der Waals surface area contributed by atoms with E-state index in [2.05, 4.69) is 21.0 Å². The van der Waals surface area contributed by atoms with Gasteiger partial charge >= 0.3 is 0 Å². The third kappa shape index (κ3) is 2.80. The van der Waals surface area contributed by atoms with Gasteiger partial charge in [0.1, 0.15) is 0 Å². The fourth-order valence-corrected chi connectivity index (χ4v) is 2.48. The molecule has 1 amide bonds. The Kier molecular flexibility index (Phi) is 3.56.